The highest BCUT2D eigenvalue weighted by Gasteiger charge is 2.42. The van der Waals surface area contributed by atoms with Crippen LogP contribution < -0.4 is 10.6 Å². The van der Waals surface area contributed by atoms with E-state index in [9.17, 15) is 4.79 Å². The molecule has 138 valence electrons. The van der Waals surface area contributed by atoms with Crippen molar-refractivity contribution in [2.75, 3.05) is 38.5 Å². The molecule has 2 N–H and O–H groups in total. The second-order valence-electron chi connectivity index (χ2n) is 8.41. The minimum Gasteiger partial charge on any atom is -0.373 e. The first kappa shape index (κ1) is 16.3. The third-order valence-corrected chi connectivity index (χ3v) is 6.72. The van der Waals surface area contributed by atoms with Gasteiger partial charge in [0, 0.05) is 55.8 Å². The Morgan fingerprint density at radius 1 is 1.23 bits per heavy atom. The molecule has 3 heterocycles. The number of amides is 1. The fraction of sp³-hybridized carbons (Fsp3) is 0.571. The predicted molar refractivity (Wildman–Crippen MR) is 103 cm³/mol. The number of allylic oxidation sites excluding steroid dienone is 2. The molecule has 5 rings (SSSR count). The van der Waals surface area contributed by atoms with Crippen LogP contribution >= 0.6 is 0 Å². The number of nitrogens with one attached hydrogen (secondary N) is 2. The third kappa shape index (κ3) is 2.74. The molecule has 2 fully saturated rings. The van der Waals surface area contributed by atoms with Gasteiger partial charge in [0.05, 0.1) is 0 Å². The Balaban J connectivity index is 1.29. The standard InChI is InChI=1S/C21H28N4O/c1-24-9-10-25-12-14(11-15(25)13-24)22-21(26)20-18-7-4-6-16(18)17-5-2-3-8-19(17)23-20/h2-6,8,14-16,18,20,23H,7,9-13H2,1H3,(H,22,26)/t14-,15-,16+,18-,20+/m0/s1. The lowest BCUT2D eigenvalue weighted by atomic mass is 9.79. The van der Waals surface area contributed by atoms with Crippen LogP contribution in [-0.4, -0.2) is 67.1 Å². The van der Waals surface area contributed by atoms with Gasteiger partial charge in [-0.15, -0.1) is 0 Å². The number of rotatable bonds is 2. The van der Waals surface area contributed by atoms with Gasteiger partial charge < -0.3 is 15.5 Å². The number of fused-ring (bicyclic) bond motifs is 4. The molecule has 5 nitrogen and oxygen atoms in total. The fourth-order valence-electron chi connectivity index (χ4n) is 5.40. The van der Waals surface area contributed by atoms with Gasteiger partial charge in [-0.05, 0) is 31.5 Å². The Hall–Kier alpha value is -1.85. The maximum absolute atomic E-state index is 13.1. The van der Waals surface area contributed by atoms with Crippen molar-refractivity contribution in [3.05, 3.63) is 42.0 Å². The van der Waals surface area contributed by atoms with Crippen molar-refractivity contribution < 1.29 is 4.79 Å². The highest BCUT2D eigenvalue weighted by atomic mass is 16.2. The van der Waals surface area contributed by atoms with Crippen LogP contribution in [0.1, 0.15) is 24.3 Å². The van der Waals surface area contributed by atoms with E-state index in [1.807, 2.05) is 6.07 Å². The molecule has 3 aliphatic heterocycles. The average molecular weight is 352 g/mol. The molecule has 0 radical (unpaired) electrons. The lowest BCUT2D eigenvalue weighted by molar-refractivity contribution is -0.123. The maximum Gasteiger partial charge on any atom is 0.243 e. The van der Waals surface area contributed by atoms with Crippen LogP contribution in [0.2, 0.25) is 0 Å². The first-order chi connectivity index (χ1) is 12.7. The zero-order valence-corrected chi connectivity index (χ0v) is 15.4. The number of carbonyl (C=O) groups excluding carboxylic acids is 1. The van der Waals surface area contributed by atoms with E-state index in [1.54, 1.807) is 0 Å². The Labute approximate surface area is 155 Å². The second-order valence-corrected chi connectivity index (χ2v) is 8.41. The third-order valence-electron chi connectivity index (χ3n) is 6.72. The normalized spacial score (nSPS) is 36.1. The summed E-state index contributed by atoms with van der Waals surface area (Å²) in [4.78, 5) is 18.1. The number of likely N-dealkylation sites (N-methyl/N-ethyl adjacent to an activating group) is 1. The van der Waals surface area contributed by atoms with Crippen LogP contribution in [0.15, 0.2) is 36.4 Å². The van der Waals surface area contributed by atoms with E-state index < -0.39 is 0 Å². The molecule has 5 heteroatoms. The van der Waals surface area contributed by atoms with Crippen molar-refractivity contribution in [1.29, 1.82) is 0 Å². The molecule has 26 heavy (non-hydrogen) atoms. The van der Waals surface area contributed by atoms with Gasteiger partial charge in [-0.25, -0.2) is 0 Å². The van der Waals surface area contributed by atoms with Gasteiger partial charge in [0.2, 0.25) is 5.91 Å². The number of piperazine rings is 1. The summed E-state index contributed by atoms with van der Waals surface area (Å²) in [5.74, 6) is 0.878. The fourth-order valence-corrected chi connectivity index (χ4v) is 5.40. The van der Waals surface area contributed by atoms with Crippen molar-refractivity contribution in [3.63, 3.8) is 0 Å². The largest absolute Gasteiger partial charge is 0.373 e. The zero-order chi connectivity index (χ0) is 17.7. The first-order valence-corrected chi connectivity index (χ1v) is 9.94. The molecule has 0 unspecified atom stereocenters. The smallest absolute Gasteiger partial charge is 0.243 e. The second kappa shape index (κ2) is 6.39. The topological polar surface area (TPSA) is 47.6 Å². The number of para-hydroxylation sites is 1. The van der Waals surface area contributed by atoms with Crippen LogP contribution in [0.25, 0.3) is 0 Å². The maximum atomic E-state index is 13.1. The number of hydrogen-bond acceptors (Lipinski definition) is 4. The van der Waals surface area contributed by atoms with E-state index in [2.05, 4.69) is 57.8 Å². The molecule has 0 spiro atoms. The van der Waals surface area contributed by atoms with E-state index in [0.717, 1.165) is 44.7 Å². The Morgan fingerprint density at radius 3 is 3.04 bits per heavy atom. The average Bonchev–Trinajstić information content (AvgIpc) is 3.27. The van der Waals surface area contributed by atoms with E-state index >= 15 is 0 Å². The summed E-state index contributed by atoms with van der Waals surface area (Å²) in [5.41, 5.74) is 2.45. The minimum atomic E-state index is -0.134. The summed E-state index contributed by atoms with van der Waals surface area (Å²) < 4.78 is 0. The number of nitrogens with zero attached hydrogens (tertiary/aromatic N) is 2. The highest BCUT2D eigenvalue weighted by Crippen LogP contribution is 2.44. The van der Waals surface area contributed by atoms with Crippen molar-refractivity contribution in [1.82, 2.24) is 15.1 Å². The Kier molecular flexibility index (Phi) is 4.02. The van der Waals surface area contributed by atoms with Crippen LogP contribution in [0.4, 0.5) is 5.69 Å². The molecule has 0 saturated carbocycles. The lowest BCUT2D eigenvalue weighted by Crippen LogP contribution is -2.51. The van der Waals surface area contributed by atoms with Crippen LogP contribution in [0.5, 0.6) is 0 Å². The quantitative estimate of drug-likeness (QED) is 0.795. The summed E-state index contributed by atoms with van der Waals surface area (Å²) >= 11 is 0. The van der Waals surface area contributed by atoms with E-state index in [1.165, 1.54) is 5.56 Å². The molecular formula is C21H28N4O. The van der Waals surface area contributed by atoms with Crippen LogP contribution in [0, 0.1) is 5.92 Å². The Bertz CT molecular complexity index is 732. The monoisotopic (exact) mass is 352 g/mol. The van der Waals surface area contributed by atoms with Gasteiger partial charge in [-0.2, -0.15) is 0 Å². The molecule has 5 atom stereocenters. The van der Waals surface area contributed by atoms with Gasteiger partial charge in [0.15, 0.2) is 0 Å². The van der Waals surface area contributed by atoms with Gasteiger partial charge in [-0.1, -0.05) is 30.4 Å². The highest BCUT2D eigenvalue weighted by molar-refractivity contribution is 5.87. The SMILES string of the molecule is CN1CCN2C[C@@H](NC(=O)[C@@H]3Nc4ccccc4[C@H]4C=CC[C@@H]43)C[C@H]2C1. The molecule has 1 amide bonds. The summed E-state index contributed by atoms with van der Waals surface area (Å²) in [6, 6.07) is 9.18. The summed E-state index contributed by atoms with van der Waals surface area (Å²) in [7, 11) is 2.19. The Morgan fingerprint density at radius 2 is 2.12 bits per heavy atom. The molecule has 4 aliphatic rings. The van der Waals surface area contributed by atoms with E-state index in [4.69, 9.17) is 0 Å². The summed E-state index contributed by atoms with van der Waals surface area (Å²) in [6.07, 6.45) is 6.58. The molecule has 0 bridgehead atoms. The molecular weight excluding hydrogens is 324 g/mol. The molecule has 1 aliphatic carbocycles. The van der Waals surface area contributed by atoms with Crippen LogP contribution in [-0.2, 0) is 4.79 Å². The van der Waals surface area contributed by atoms with Gasteiger partial charge in [0.25, 0.3) is 0 Å². The van der Waals surface area contributed by atoms with Crippen LogP contribution in [0.3, 0.4) is 0 Å². The lowest BCUT2D eigenvalue weighted by Gasteiger charge is -2.36. The number of hydrogen-bond donors (Lipinski definition) is 2. The van der Waals surface area contributed by atoms with Crippen molar-refractivity contribution in [2.45, 2.75) is 36.9 Å². The van der Waals surface area contributed by atoms with E-state index in [-0.39, 0.29) is 18.0 Å². The summed E-state index contributed by atoms with van der Waals surface area (Å²) in [6.45, 7) is 4.38. The molecule has 1 aromatic rings. The summed E-state index contributed by atoms with van der Waals surface area (Å²) in [5, 5.41) is 6.91. The molecule has 1 aromatic carbocycles. The van der Waals surface area contributed by atoms with Crippen molar-refractivity contribution >= 4 is 11.6 Å². The number of benzene rings is 1. The minimum absolute atomic E-state index is 0.134. The molecule has 0 aromatic heterocycles. The number of carbonyl (C=O) groups is 1. The van der Waals surface area contributed by atoms with Gasteiger partial charge in [-0.3, -0.25) is 9.69 Å². The zero-order valence-electron chi connectivity index (χ0n) is 15.4. The van der Waals surface area contributed by atoms with Crippen molar-refractivity contribution in [3.8, 4) is 0 Å². The molecule has 2 saturated heterocycles. The predicted octanol–water partition coefficient (Wildman–Crippen LogP) is 1.64. The van der Waals surface area contributed by atoms with E-state index in [0.29, 0.717) is 17.9 Å². The number of anilines is 1. The van der Waals surface area contributed by atoms with Gasteiger partial charge in [0.1, 0.15) is 6.04 Å². The van der Waals surface area contributed by atoms with Gasteiger partial charge >= 0.3 is 0 Å². The first-order valence-electron chi connectivity index (χ1n) is 9.94. The van der Waals surface area contributed by atoms with Crippen molar-refractivity contribution in [2.24, 2.45) is 5.92 Å².